The van der Waals surface area contributed by atoms with Gasteiger partial charge in [0, 0.05) is 6.42 Å². The molecular formula is C10H16O2. The minimum Gasteiger partial charge on any atom is -0.452 e. The molecule has 68 valence electrons. The average Bonchev–Trinajstić information content (AvgIpc) is 2.09. The lowest BCUT2D eigenvalue weighted by atomic mass is 10.2. The molecule has 2 heteroatoms. The molecule has 0 atom stereocenters. The van der Waals surface area contributed by atoms with Crippen LogP contribution in [-0.4, -0.2) is 12.6 Å². The first-order valence-electron chi connectivity index (χ1n) is 4.40. The second-order valence-corrected chi connectivity index (χ2v) is 2.68. The molecular weight excluding hydrogens is 152 g/mol. The van der Waals surface area contributed by atoms with Crippen molar-refractivity contribution in [2.45, 2.75) is 39.0 Å². The van der Waals surface area contributed by atoms with Crippen LogP contribution in [0.25, 0.3) is 0 Å². The molecule has 0 spiro atoms. The van der Waals surface area contributed by atoms with E-state index in [-0.39, 0.29) is 12.6 Å². The highest BCUT2D eigenvalue weighted by atomic mass is 16.5. The number of carbonyl (C=O) groups excluding carboxylic acids is 1. The van der Waals surface area contributed by atoms with Crippen LogP contribution in [0.2, 0.25) is 0 Å². The van der Waals surface area contributed by atoms with Crippen molar-refractivity contribution < 1.29 is 9.53 Å². The molecule has 0 unspecified atom stereocenters. The molecule has 0 heterocycles. The first-order chi connectivity index (χ1) is 5.81. The Morgan fingerprint density at radius 3 is 2.75 bits per heavy atom. The van der Waals surface area contributed by atoms with Crippen LogP contribution < -0.4 is 0 Å². The Bertz CT molecular complexity index is 156. The summed E-state index contributed by atoms with van der Waals surface area (Å²) >= 11 is 0. The van der Waals surface area contributed by atoms with Gasteiger partial charge >= 0.3 is 5.97 Å². The Hall–Kier alpha value is -0.970. The molecule has 0 fully saturated rings. The Balaban J connectivity index is 3.15. The second kappa shape index (κ2) is 8.13. The summed E-state index contributed by atoms with van der Waals surface area (Å²) in [5, 5.41) is 0. The summed E-state index contributed by atoms with van der Waals surface area (Å²) < 4.78 is 4.70. The lowest BCUT2D eigenvalue weighted by Crippen LogP contribution is -2.03. The van der Waals surface area contributed by atoms with Gasteiger partial charge in [-0.1, -0.05) is 32.1 Å². The van der Waals surface area contributed by atoms with E-state index in [0.717, 1.165) is 12.8 Å². The van der Waals surface area contributed by atoms with Crippen molar-refractivity contribution in [1.29, 1.82) is 0 Å². The van der Waals surface area contributed by atoms with Crippen LogP contribution in [-0.2, 0) is 9.53 Å². The van der Waals surface area contributed by atoms with E-state index in [0.29, 0.717) is 6.42 Å². The van der Waals surface area contributed by atoms with Gasteiger partial charge in [0.15, 0.2) is 6.61 Å². The van der Waals surface area contributed by atoms with Gasteiger partial charge in [0.2, 0.25) is 0 Å². The van der Waals surface area contributed by atoms with Gasteiger partial charge in [-0.3, -0.25) is 4.79 Å². The number of ether oxygens (including phenoxy) is 1. The standard InChI is InChI=1S/C10H16O2/c1-3-5-6-7-8-10(11)12-9-4-2/h2H,3,5-9H2,1H3. The Labute approximate surface area is 74.3 Å². The molecule has 0 aromatic rings. The van der Waals surface area contributed by atoms with Crippen molar-refractivity contribution in [3.8, 4) is 12.3 Å². The lowest BCUT2D eigenvalue weighted by molar-refractivity contribution is -0.142. The zero-order valence-electron chi connectivity index (χ0n) is 7.64. The highest BCUT2D eigenvalue weighted by Gasteiger charge is 1.99. The number of terminal acetylenes is 1. The smallest absolute Gasteiger partial charge is 0.306 e. The zero-order valence-corrected chi connectivity index (χ0v) is 7.64. The second-order valence-electron chi connectivity index (χ2n) is 2.68. The highest BCUT2D eigenvalue weighted by molar-refractivity contribution is 5.69. The van der Waals surface area contributed by atoms with E-state index in [2.05, 4.69) is 12.8 Å². The third-order valence-electron chi connectivity index (χ3n) is 1.55. The van der Waals surface area contributed by atoms with Gasteiger partial charge in [0.05, 0.1) is 0 Å². The lowest BCUT2D eigenvalue weighted by Gasteiger charge is -1.99. The van der Waals surface area contributed by atoms with E-state index in [9.17, 15) is 4.79 Å². The van der Waals surface area contributed by atoms with Crippen LogP contribution in [0.5, 0.6) is 0 Å². The number of rotatable bonds is 6. The quantitative estimate of drug-likeness (QED) is 0.345. The molecule has 0 saturated carbocycles. The fourth-order valence-electron chi connectivity index (χ4n) is 0.890. The number of hydrogen-bond acceptors (Lipinski definition) is 2. The molecule has 0 aliphatic rings. The van der Waals surface area contributed by atoms with Crippen LogP contribution in [0, 0.1) is 12.3 Å². The van der Waals surface area contributed by atoms with Crippen LogP contribution in [0.1, 0.15) is 39.0 Å². The van der Waals surface area contributed by atoms with Crippen LogP contribution in [0.4, 0.5) is 0 Å². The van der Waals surface area contributed by atoms with E-state index >= 15 is 0 Å². The van der Waals surface area contributed by atoms with Crippen LogP contribution >= 0.6 is 0 Å². The molecule has 2 nitrogen and oxygen atoms in total. The fraction of sp³-hybridized carbons (Fsp3) is 0.700. The van der Waals surface area contributed by atoms with Crippen molar-refractivity contribution in [3.05, 3.63) is 0 Å². The largest absolute Gasteiger partial charge is 0.452 e. The van der Waals surface area contributed by atoms with Gasteiger partial charge in [-0.15, -0.1) is 6.42 Å². The third-order valence-corrected chi connectivity index (χ3v) is 1.55. The monoisotopic (exact) mass is 168 g/mol. The normalized spacial score (nSPS) is 9.00. The summed E-state index contributed by atoms with van der Waals surface area (Å²) in [5.74, 6) is 2.08. The van der Waals surface area contributed by atoms with Gasteiger partial charge in [-0.2, -0.15) is 0 Å². The van der Waals surface area contributed by atoms with Crippen molar-refractivity contribution >= 4 is 5.97 Å². The summed E-state index contributed by atoms with van der Waals surface area (Å²) in [6.07, 6.45) is 9.80. The summed E-state index contributed by atoms with van der Waals surface area (Å²) in [5.41, 5.74) is 0. The molecule has 0 N–H and O–H groups in total. The fourth-order valence-corrected chi connectivity index (χ4v) is 0.890. The van der Waals surface area contributed by atoms with E-state index < -0.39 is 0 Å². The first-order valence-corrected chi connectivity index (χ1v) is 4.40. The number of esters is 1. The predicted molar refractivity (Wildman–Crippen MR) is 48.6 cm³/mol. The molecule has 0 aliphatic heterocycles. The molecule has 0 radical (unpaired) electrons. The zero-order chi connectivity index (χ0) is 9.23. The van der Waals surface area contributed by atoms with Gasteiger partial charge < -0.3 is 4.74 Å². The summed E-state index contributed by atoms with van der Waals surface area (Å²) in [6.45, 7) is 2.24. The maximum atomic E-state index is 10.8. The summed E-state index contributed by atoms with van der Waals surface area (Å²) in [6, 6.07) is 0. The van der Waals surface area contributed by atoms with Gasteiger partial charge in [0.1, 0.15) is 0 Å². The number of carbonyl (C=O) groups is 1. The summed E-state index contributed by atoms with van der Waals surface area (Å²) in [4.78, 5) is 10.8. The van der Waals surface area contributed by atoms with Gasteiger partial charge in [-0.05, 0) is 6.42 Å². The Morgan fingerprint density at radius 1 is 1.42 bits per heavy atom. The van der Waals surface area contributed by atoms with Crippen molar-refractivity contribution in [1.82, 2.24) is 0 Å². The number of hydrogen-bond donors (Lipinski definition) is 0. The van der Waals surface area contributed by atoms with Crippen LogP contribution in [0.15, 0.2) is 0 Å². The highest BCUT2D eigenvalue weighted by Crippen LogP contribution is 2.02. The molecule has 0 aromatic carbocycles. The SMILES string of the molecule is C#CCOC(=O)CCCCCC. The molecule has 12 heavy (non-hydrogen) atoms. The van der Waals surface area contributed by atoms with Gasteiger partial charge in [0.25, 0.3) is 0 Å². The Morgan fingerprint density at radius 2 is 2.17 bits per heavy atom. The third kappa shape index (κ3) is 7.14. The topological polar surface area (TPSA) is 26.3 Å². The van der Waals surface area contributed by atoms with E-state index in [1.54, 1.807) is 0 Å². The maximum absolute atomic E-state index is 10.8. The maximum Gasteiger partial charge on any atom is 0.306 e. The van der Waals surface area contributed by atoms with Crippen molar-refractivity contribution in [3.63, 3.8) is 0 Å². The molecule has 0 bridgehead atoms. The number of unbranched alkanes of at least 4 members (excludes halogenated alkanes) is 3. The van der Waals surface area contributed by atoms with Crippen LogP contribution in [0.3, 0.4) is 0 Å². The minimum absolute atomic E-state index is 0.104. The average molecular weight is 168 g/mol. The van der Waals surface area contributed by atoms with Crippen molar-refractivity contribution in [2.75, 3.05) is 6.61 Å². The van der Waals surface area contributed by atoms with E-state index in [1.807, 2.05) is 0 Å². The predicted octanol–water partition coefficient (Wildman–Crippen LogP) is 2.13. The first kappa shape index (κ1) is 11.0. The van der Waals surface area contributed by atoms with Gasteiger partial charge in [-0.25, -0.2) is 0 Å². The minimum atomic E-state index is -0.177. The Kier molecular flexibility index (Phi) is 7.47. The molecule has 0 aromatic heterocycles. The molecule has 0 rings (SSSR count). The summed E-state index contributed by atoms with van der Waals surface area (Å²) in [7, 11) is 0. The molecule has 0 amide bonds. The van der Waals surface area contributed by atoms with Crippen molar-refractivity contribution in [2.24, 2.45) is 0 Å². The molecule has 0 saturated heterocycles. The van der Waals surface area contributed by atoms with E-state index in [1.165, 1.54) is 12.8 Å². The van der Waals surface area contributed by atoms with E-state index in [4.69, 9.17) is 11.2 Å². The molecule has 0 aliphatic carbocycles.